The van der Waals surface area contributed by atoms with Crippen molar-refractivity contribution in [2.45, 2.75) is 111 Å². The zero-order chi connectivity index (χ0) is 23.8. The smallest absolute Gasteiger partial charge is 0.330 e. The van der Waals surface area contributed by atoms with Crippen LogP contribution in [0.15, 0.2) is 11.6 Å². The van der Waals surface area contributed by atoms with Crippen LogP contribution in [0.1, 0.15) is 92.4 Å². The molecule has 0 aromatic rings. The molecule has 0 amide bonds. The van der Waals surface area contributed by atoms with E-state index < -0.39 is 37.5 Å². The van der Waals surface area contributed by atoms with E-state index in [2.05, 4.69) is 27.7 Å². The van der Waals surface area contributed by atoms with Gasteiger partial charge in [-0.2, -0.15) is 0 Å². The number of hydrogen-bond acceptors (Lipinski definition) is 6. The normalized spacial score (nSPS) is 17.3. The molecule has 0 radical (unpaired) electrons. The third kappa shape index (κ3) is 16.4. The number of allylic oxidation sites excluding steroid dienone is 1. The summed E-state index contributed by atoms with van der Waals surface area (Å²) in [5.41, 5.74) is 0.918. The molecule has 0 rings (SSSR count). The lowest BCUT2D eigenvalue weighted by molar-refractivity contribution is -0.146. The van der Waals surface area contributed by atoms with Crippen molar-refractivity contribution in [3.8, 4) is 0 Å². The number of esters is 1. The van der Waals surface area contributed by atoms with E-state index in [9.17, 15) is 20.1 Å². The van der Waals surface area contributed by atoms with Crippen LogP contribution in [-0.2, 0) is 9.53 Å². The highest BCUT2D eigenvalue weighted by Gasteiger charge is 2.25. The number of hydrogen-bond donors (Lipinski definition) is 4. The van der Waals surface area contributed by atoms with Crippen LogP contribution in [0.3, 0.4) is 0 Å². The predicted octanol–water partition coefficient (Wildman–Crippen LogP) is 3.99. The third-order valence-electron chi connectivity index (χ3n) is 5.88. The molecule has 6 nitrogen and oxygen atoms in total. The number of rotatable bonds is 18. The van der Waals surface area contributed by atoms with Crippen LogP contribution in [0.4, 0.5) is 0 Å². The summed E-state index contributed by atoms with van der Waals surface area (Å²) in [7, 11) is 0. The van der Waals surface area contributed by atoms with Crippen LogP contribution in [-0.4, -0.2) is 57.9 Å². The molecule has 5 atom stereocenters. The van der Waals surface area contributed by atoms with Crippen molar-refractivity contribution in [3.63, 3.8) is 0 Å². The molecular weight excluding hydrogens is 396 g/mol. The molecular formula is C25H48O6. The summed E-state index contributed by atoms with van der Waals surface area (Å²) in [4.78, 5) is 11.8. The molecule has 184 valence electrons. The van der Waals surface area contributed by atoms with Gasteiger partial charge in [-0.25, -0.2) is 4.79 Å². The van der Waals surface area contributed by atoms with Crippen LogP contribution >= 0.6 is 0 Å². The Kier molecular flexibility index (Phi) is 17.0. The van der Waals surface area contributed by atoms with Crippen LogP contribution in [0.2, 0.25) is 0 Å². The second-order valence-electron chi connectivity index (χ2n) is 9.79. The molecule has 4 N–H and O–H groups in total. The van der Waals surface area contributed by atoms with Crippen molar-refractivity contribution in [2.75, 3.05) is 13.2 Å². The third-order valence-corrected chi connectivity index (χ3v) is 5.88. The number of ether oxygens (including phenoxy) is 1. The lowest BCUT2D eigenvalue weighted by Crippen LogP contribution is -2.42. The highest BCUT2D eigenvalue weighted by Crippen LogP contribution is 2.22. The zero-order valence-corrected chi connectivity index (χ0v) is 20.4. The summed E-state index contributed by atoms with van der Waals surface area (Å²) in [5, 5.41) is 37.2. The molecule has 0 aliphatic carbocycles. The molecule has 0 saturated heterocycles. The number of carbonyl (C=O) groups is 1. The number of aliphatic hydroxyl groups is 4. The van der Waals surface area contributed by atoms with Gasteiger partial charge in [-0.3, -0.25) is 0 Å². The van der Waals surface area contributed by atoms with Crippen molar-refractivity contribution in [1.29, 1.82) is 0 Å². The molecule has 0 aliphatic rings. The van der Waals surface area contributed by atoms with Crippen molar-refractivity contribution >= 4 is 5.97 Å². The molecule has 31 heavy (non-hydrogen) atoms. The maximum Gasteiger partial charge on any atom is 0.330 e. The van der Waals surface area contributed by atoms with Crippen molar-refractivity contribution in [2.24, 2.45) is 17.8 Å². The van der Waals surface area contributed by atoms with E-state index in [0.29, 0.717) is 5.92 Å². The molecule has 0 aromatic carbocycles. The van der Waals surface area contributed by atoms with Crippen molar-refractivity contribution < 1.29 is 30.0 Å². The molecule has 0 spiro atoms. The summed E-state index contributed by atoms with van der Waals surface area (Å²) >= 11 is 0. The monoisotopic (exact) mass is 444 g/mol. The van der Waals surface area contributed by atoms with E-state index in [1.54, 1.807) is 0 Å². The Morgan fingerprint density at radius 1 is 0.839 bits per heavy atom. The average Bonchev–Trinajstić information content (AvgIpc) is 2.70. The Labute approximate surface area is 189 Å². The second kappa shape index (κ2) is 17.6. The minimum atomic E-state index is -1.56. The van der Waals surface area contributed by atoms with Gasteiger partial charge in [0.15, 0.2) is 0 Å². The first-order valence-corrected chi connectivity index (χ1v) is 12.1. The Balaban J connectivity index is 3.96. The molecule has 6 heteroatoms. The lowest BCUT2D eigenvalue weighted by Gasteiger charge is -2.20. The highest BCUT2D eigenvalue weighted by atomic mass is 16.5. The van der Waals surface area contributed by atoms with E-state index in [4.69, 9.17) is 9.84 Å². The van der Waals surface area contributed by atoms with E-state index >= 15 is 0 Å². The maximum atomic E-state index is 11.8. The average molecular weight is 445 g/mol. The fourth-order valence-electron chi connectivity index (χ4n) is 3.65. The minimum absolute atomic E-state index is 0.437. The summed E-state index contributed by atoms with van der Waals surface area (Å²) in [6, 6.07) is 0. The van der Waals surface area contributed by atoms with Gasteiger partial charge < -0.3 is 25.2 Å². The standard InChI is InChI=1S/C25H48O6/c1-18(2)9-6-10-19(3)11-7-12-20(4)13-8-14-21(5)15-24(29)31-17-23(28)25(30)22(27)16-26/h15,18-20,22-23,25-28,30H,6-14,16-17H2,1-5H3. The predicted molar refractivity (Wildman–Crippen MR) is 125 cm³/mol. The number of carbonyl (C=O) groups excluding carboxylic acids is 1. The van der Waals surface area contributed by atoms with E-state index in [-0.39, 0.29) is 0 Å². The Bertz CT molecular complexity index is 490. The summed E-state index contributed by atoms with van der Waals surface area (Å²) < 4.78 is 4.92. The van der Waals surface area contributed by atoms with Crippen LogP contribution < -0.4 is 0 Å². The van der Waals surface area contributed by atoms with E-state index in [1.165, 1.54) is 44.6 Å². The molecule has 0 heterocycles. The molecule has 0 saturated carbocycles. The van der Waals surface area contributed by atoms with E-state index in [0.717, 1.165) is 36.7 Å². The Morgan fingerprint density at radius 2 is 1.35 bits per heavy atom. The Hall–Kier alpha value is -0.950. The van der Waals surface area contributed by atoms with Crippen molar-refractivity contribution in [1.82, 2.24) is 0 Å². The quantitative estimate of drug-likeness (QED) is 0.188. The van der Waals surface area contributed by atoms with Gasteiger partial charge in [-0.1, -0.05) is 78.2 Å². The first-order chi connectivity index (χ1) is 14.6. The van der Waals surface area contributed by atoms with Crippen LogP contribution in [0.5, 0.6) is 0 Å². The van der Waals surface area contributed by atoms with Gasteiger partial charge >= 0.3 is 5.97 Å². The minimum Gasteiger partial charge on any atom is -0.460 e. The largest absolute Gasteiger partial charge is 0.460 e. The fraction of sp³-hybridized carbons (Fsp3) is 0.880. The van der Waals surface area contributed by atoms with E-state index in [1.807, 2.05) is 6.92 Å². The van der Waals surface area contributed by atoms with Gasteiger partial charge in [-0.15, -0.1) is 0 Å². The van der Waals surface area contributed by atoms with Gasteiger partial charge in [-0.05, 0) is 37.5 Å². The van der Waals surface area contributed by atoms with Crippen LogP contribution in [0, 0.1) is 17.8 Å². The van der Waals surface area contributed by atoms with Gasteiger partial charge in [0.2, 0.25) is 0 Å². The Morgan fingerprint density at radius 3 is 1.87 bits per heavy atom. The first kappa shape index (κ1) is 30.0. The van der Waals surface area contributed by atoms with Gasteiger partial charge in [0.05, 0.1) is 6.61 Å². The topological polar surface area (TPSA) is 107 Å². The molecule has 0 fully saturated rings. The van der Waals surface area contributed by atoms with Gasteiger partial charge in [0.1, 0.15) is 24.9 Å². The first-order valence-electron chi connectivity index (χ1n) is 12.1. The molecule has 0 aliphatic heterocycles. The number of aliphatic hydroxyl groups excluding tert-OH is 4. The summed E-state index contributed by atoms with van der Waals surface area (Å²) in [6.07, 6.45) is 7.74. The highest BCUT2D eigenvalue weighted by molar-refractivity contribution is 5.82. The fourth-order valence-corrected chi connectivity index (χ4v) is 3.65. The second-order valence-corrected chi connectivity index (χ2v) is 9.79. The molecule has 5 unspecified atom stereocenters. The van der Waals surface area contributed by atoms with Crippen LogP contribution in [0.25, 0.3) is 0 Å². The molecule has 0 aromatic heterocycles. The SMILES string of the molecule is CC(=CC(=O)OCC(O)C(O)C(O)CO)CCCC(C)CCCC(C)CCCC(C)C. The van der Waals surface area contributed by atoms with Gasteiger partial charge in [0, 0.05) is 6.08 Å². The lowest BCUT2D eigenvalue weighted by atomic mass is 9.91. The van der Waals surface area contributed by atoms with Crippen molar-refractivity contribution in [3.05, 3.63) is 11.6 Å². The van der Waals surface area contributed by atoms with Gasteiger partial charge in [0.25, 0.3) is 0 Å². The summed E-state index contributed by atoms with van der Waals surface area (Å²) in [6.45, 7) is 10.0. The summed E-state index contributed by atoms with van der Waals surface area (Å²) in [5.74, 6) is 1.71. The molecule has 0 bridgehead atoms. The zero-order valence-electron chi connectivity index (χ0n) is 20.4. The maximum absolute atomic E-state index is 11.8.